The van der Waals surface area contributed by atoms with Crippen molar-refractivity contribution in [2.45, 2.75) is 43.0 Å². The lowest BCUT2D eigenvalue weighted by Gasteiger charge is -2.43. The molecule has 0 bridgehead atoms. The number of amides is 2. The number of nitrogens with one attached hydrogen (secondary N) is 2. The molecule has 1 fully saturated rings. The summed E-state index contributed by atoms with van der Waals surface area (Å²) in [6, 6.07) is 27.8. The molecule has 0 saturated carbocycles. The quantitative estimate of drug-likeness (QED) is 0.160. The number of aliphatic hydroxyl groups excluding tert-OH is 1. The number of hydrogen-bond acceptors (Lipinski definition) is 7. The van der Waals surface area contributed by atoms with Gasteiger partial charge in [0, 0.05) is 35.7 Å². The third-order valence-electron chi connectivity index (χ3n) is 7.11. The van der Waals surface area contributed by atoms with Gasteiger partial charge in [-0.3, -0.25) is 0 Å². The van der Waals surface area contributed by atoms with Crippen LogP contribution in [0, 0.1) is 0 Å². The molecule has 1 aromatic heterocycles. The zero-order valence-corrected chi connectivity index (χ0v) is 24.4. The number of anilines is 1. The number of pyridine rings is 1. The predicted molar refractivity (Wildman–Crippen MR) is 164 cm³/mol. The molecule has 2 amide bonds. The van der Waals surface area contributed by atoms with E-state index in [2.05, 4.69) is 15.6 Å². The van der Waals surface area contributed by atoms with Gasteiger partial charge < -0.3 is 30.3 Å². The van der Waals surface area contributed by atoms with Crippen molar-refractivity contribution in [3.63, 3.8) is 0 Å². The number of carboxylic acids is 1. The topological polar surface area (TPSA) is 130 Å². The summed E-state index contributed by atoms with van der Waals surface area (Å²) in [5.74, 6) is -0.892. The summed E-state index contributed by atoms with van der Waals surface area (Å²) < 4.78 is 13.4. The Labute approximate surface area is 254 Å². The third-order valence-corrected chi connectivity index (χ3v) is 8.20. The summed E-state index contributed by atoms with van der Waals surface area (Å²) in [5.41, 5.74) is 4.15. The number of aromatic carboxylic acids is 1. The minimum absolute atomic E-state index is 0.0691. The third kappa shape index (κ3) is 7.41. The summed E-state index contributed by atoms with van der Waals surface area (Å²) in [6.45, 7) is 2.27. The lowest BCUT2D eigenvalue weighted by molar-refractivity contribution is -0.255. The number of rotatable bonds is 10. The van der Waals surface area contributed by atoms with Crippen molar-refractivity contribution in [2.75, 3.05) is 17.6 Å². The van der Waals surface area contributed by atoms with Crippen molar-refractivity contribution < 1.29 is 29.3 Å². The molecule has 5 rings (SSSR count). The molecular formula is C33H33N3O6S. The molecule has 4 aromatic rings. The predicted octanol–water partition coefficient (Wildman–Crippen LogP) is 6.14. The van der Waals surface area contributed by atoms with Crippen LogP contribution in [0.5, 0.6) is 0 Å². The van der Waals surface area contributed by atoms with Gasteiger partial charge in [0.05, 0.1) is 24.4 Å². The van der Waals surface area contributed by atoms with Crippen LogP contribution >= 0.6 is 11.8 Å². The number of carboxylic acid groups (broad SMARTS) is 1. The SMILES string of the molecule is CCNC(=O)Nc1cccc(C2O[C@H](CSc3ncccc3C(=O)O)[C@@H](c3ccccc3)[C@H](c3ccc(CO)cc3)O2)c1. The zero-order chi connectivity index (χ0) is 30.2. The molecule has 0 aliphatic carbocycles. The minimum Gasteiger partial charge on any atom is -0.478 e. The number of aliphatic hydroxyl groups is 1. The van der Waals surface area contributed by atoms with Crippen LogP contribution in [0.3, 0.4) is 0 Å². The second-order valence-corrected chi connectivity index (χ2v) is 11.0. The van der Waals surface area contributed by atoms with Crippen LogP contribution in [-0.4, -0.2) is 45.6 Å². The Kier molecular flexibility index (Phi) is 10.1. The van der Waals surface area contributed by atoms with Gasteiger partial charge in [0.2, 0.25) is 0 Å². The van der Waals surface area contributed by atoms with Crippen LogP contribution in [0.25, 0.3) is 0 Å². The molecule has 1 unspecified atom stereocenters. The maximum Gasteiger partial charge on any atom is 0.338 e. The number of aromatic nitrogens is 1. The first kappa shape index (κ1) is 30.2. The first-order valence-electron chi connectivity index (χ1n) is 14.0. The molecule has 1 aliphatic heterocycles. The summed E-state index contributed by atoms with van der Waals surface area (Å²) in [5, 5.41) is 25.3. The van der Waals surface area contributed by atoms with Crippen molar-refractivity contribution in [1.29, 1.82) is 0 Å². The molecule has 4 N–H and O–H groups in total. The van der Waals surface area contributed by atoms with Gasteiger partial charge in [-0.15, -0.1) is 11.8 Å². The highest BCUT2D eigenvalue weighted by molar-refractivity contribution is 7.99. The monoisotopic (exact) mass is 599 g/mol. The molecule has 0 spiro atoms. The van der Waals surface area contributed by atoms with Crippen LogP contribution in [-0.2, 0) is 16.1 Å². The molecule has 1 aliphatic rings. The Morgan fingerprint density at radius 2 is 1.67 bits per heavy atom. The van der Waals surface area contributed by atoms with Crippen LogP contribution in [0.1, 0.15) is 57.8 Å². The summed E-state index contributed by atoms with van der Waals surface area (Å²) in [6.07, 6.45) is -0.0678. The standard InChI is InChI=1S/C33H33N3O6S/c1-2-34-33(40)36-25-11-6-10-24(18-25)32-41-27(20-43-30-26(31(38)39)12-7-17-35-30)28(22-8-4-3-5-9-22)29(42-32)23-15-13-21(19-37)14-16-23/h3-18,27-29,32,37H,2,19-20H2,1H3,(H,38,39)(H2,34,36,40)/t27-,28-,29+,32?/m1/s1. The van der Waals surface area contributed by atoms with Crippen molar-refractivity contribution in [3.8, 4) is 0 Å². The van der Waals surface area contributed by atoms with Crippen molar-refractivity contribution in [2.24, 2.45) is 0 Å². The van der Waals surface area contributed by atoms with E-state index in [9.17, 15) is 19.8 Å². The molecule has 10 heteroatoms. The molecule has 3 aromatic carbocycles. The van der Waals surface area contributed by atoms with E-state index in [1.165, 1.54) is 11.8 Å². The molecule has 1 saturated heterocycles. The molecule has 2 heterocycles. The van der Waals surface area contributed by atoms with Gasteiger partial charge in [-0.25, -0.2) is 14.6 Å². The average molecular weight is 600 g/mol. The number of ether oxygens (including phenoxy) is 2. The number of hydrogen-bond donors (Lipinski definition) is 4. The highest BCUT2D eigenvalue weighted by Crippen LogP contribution is 2.48. The normalized spacial score (nSPS) is 19.9. The number of urea groups is 1. The fourth-order valence-electron chi connectivity index (χ4n) is 5.08. The number of carbonyl (C=O) groups is 2. The van der Waals surface area contributed by atoms with E-state index in [0.717, 1.165) is 22.3 Å². The van der Waals surface area contributed by atoms with Crippen LogP contribution in [0.2, 0.25) is 0 Å². The maximum absolute atomic E-state index is 12.2. The fraction of sp³-hybridized carbons (Fsp3) is 0.242. The molecule has 9 nitrogen and oxygen atoms in total. The summed E-state index contributed by atoms with van der Waals surface area (Å²) in [4.78, 5) is 28.4. The lowest BCUT2D eigenvalue weighted by atomic mass is 9.84. The van der Waals surface area contributed by atoms with E-state index >= 15 is 0 Å². The highest BCUT2D eigenvalue weighted by atomic mass is 32.2. The van der Waals surface area contributed by atoms with Crippen molar-refractivity contribution in [3.05, 3.63) is 125 Å². The zero-order valence-electron chi connectivity index (χ0n) is 23.6. The van der Waals surface area contributed by atoms with Crippen LogP contribution in [0.4, 0.5) is 10.5 Å². The van der Waals surface area contributed by atoms with Gasteiger partial charge in [-0.2, -0.15) is 0 Å². The van der Waals surface area contributed by atoms with Gasteiger partial charge in [0.1, 0.15) is 5.03 Å². The Balaban J connectivity index is 1.53. The molecule has 0 radical (unpaired) electrons. The largest absolute Gasteiger partial charge is 0.478 e. The van der Waals surface area contributed by atoms with E-state index < -0.39 is 24.5 Å². The van der Waals surface area contributed by atoms with Gasteiger partial charge >= 0.3 is 12.0 Å². The maximum atomic E-state index is 12.2. The van der Waals surface area contributed by atoms with Crippen LogP contribution in [0.15, 0.2) is 102 Å². The second kappa shape index (κ2) is 14.3. The van der Waals surface area contributed by atoms with Gasteiger partial charge in [-0.05, 0) is 47.9 Å². The summed E-state index contributed by atoms with van der Waals surface area (Å²) >= 11 is 1.33. The second-order valence-electron chi connectivity index (χ2n) is 9.98. The number of nitrogens with zero attached hydrogens (tertiary/aromatic N) is 1. The van der Waals surface area contributed by atoms with E-state index in [0.29, 0.717) is 23.0 Å². The smallest absolute Gasteiger partial charge is 0.338 e. The van der Waals surface area contributed by atoms with Crippen molar-refractivity contribution in [1.82, 2.24) is 10.3 Å². The average Bonchev–Trinajstić information content (AvgIpc) is 3.04. The first-order valence-corrected chi connectivity index (χ1v) is 15.0. The van der Waals surface area contributed by atoms with E-state index in [4.69, 9.17) is 9.47 Å². The molecule has 222 valence electrons. The Morgan fingerprint density at radius 3 is 2.40 bits per heavy atom. The Bertz CT molecular complexity index is 1540. The summed E-state index contributed by atoms with van der Waals surface area (Å²) in [7, 11) is 0. The number of benzene rings is 3. The highest BCUT2D eigenvalue weighted by Gasteiger charge is 2.42. The molecule has 4 atom stereocenters. The van der Waals surface area contributed by atoms with E-state index in [1.54, 1.807) is 24.4 Å². The minimum atomic E-state index is -1.04. The number of thioether (sulfide) groups is 1. The molecular weight excluding hydrogens is 566 g/mol. The van der Waals surface area contributed by atoms with E-state index in [-0.39, 0.29) is 24.1 Å². The fourth-order valence-corrected chi connectivity index (χ4v) is 6.13. The van der Waals surface area contributed by atoms with Gasteiger partial charge in [-0.1, -0.05) is 66.7 Å². The van der Waals surface area contributed by atoms with Gasteiger partial charge in [0.15, 0.2) is 6.29 Å². The van der Waals surface area contributed by atoms with E-state index in [1.807, 2.05) is 79.7 Å². The van der Waals surface area contributed by atoms with Crippen molar-refractivity contribution >= 4 is 29.4 Å². The Morgan fingerprint density at radius 1 is 0.907 bits per heavy atom. The molecule has 43 heavy (non-hydrogen) atoms. The van der Waals surface area contributed by atoms with Crippen LogP contribution < -0.4 is 10.6 Å². The first-order chi connectivity index (χ1) is 21.0. The Hall–Kier alpha value is -4.22. The number of carbonyl (C=O) groups excluding carboxylic acids is 1. The lowest BCUT2D eigenvalue weighted by Crippen LogP contribution is -2.38. The van der Waals surface area contributed by atoms with Gasteiger partial charge in [0.25, 0.3) is 0 Å².